The van der Waals surface area contributed by atoms with Crippen LogP contribution in [-0.2, 0) is 18.9 Å². The molecule has 1 amide bonds. The van der Waals surface area contributed by atoms with Crippen molar-refractivity contribution in [1.29, 1.82) is 0 Å². The average Bonchev–Trinajstić information content (AvgIpc) is 3.26. The Kier molecular flexibility index (Phi) is 10.8. The van der Waals surface area contributed by atoms with Crippen molar-refractivity contribution in [2.24, 2.45) is 0 Å². The normalized spacial score (nSPS) is 12.1. The van der Waals surface area contributed by atoms with E-state index in [-0.39, 0.29) is 5.92 Å². The fourth-order valence-electron chi connectivity index (χ4n) is 4.34. The molecule has 3 N–H and O–H groups in total. The smallest absolute Gasteiger partial charge is 0.407 e. The van der Waals surface area contributed by atoms with Crippen LogP contribution in [-0.4, -0.2) is 65.5 Å². The Morgan fingerprint density at radius 2 is 1.26 bits per heavy atom. The summed E-state index contributed by atoms with van der Waals surface area (Å²) in [5.41, 5.74) is 11.2. The molecular formula is C30H36N2O6. The van der Waals surface area contributed by atoms with E-state index in [0.717, 1.165) is 5.75 Å². The molecule has 0 bridgehead atoms. The Hall–Kier alpha value is -3.59. The molecule has 1 aliphatic rings. The van der Waals surface area contributed by atoms with E-state index in [1.807, 2.05) is 36.4 Å². The summed E-state index contributed by atoms with van der Waals surface area (Å²) in [7, 11) is 0. The van der Waals surface area contributed by atoms with Crippen molar-refractivity contribution in [3.05, 3.63) is 83.9 Å². The van der Waals surface area contributed by atoms with Crippen LogP contribution in [0.5, 0.6) is 5.75 Å². The third kappa shape index (κ3) is 8.21. The van der Waals surface area contributed by atoms with Gasteiger partial charge >= 0.3 is 6.09 Å². The Bertz CT molecular complexity index is 1090. The first-order valence-corrected chi connectivity index (χ1v) is 13.0. The molecule has 0 spiro atoms. The molecular weight excluding hydrogens is 484 g/mol. The van der Waals surface area contributed by atoms with E-state index in [2.05, 4.69) is 29.6 Å². The van der Waals surface area contributed by atoms with Crippen LogP contribution >= 0.6 is 0 Å². The predicted octanol–water partition coefficient (Wildman–Crippen LogP) is 4.63. The molecule has 0 atom stereocenters. The second kappa shape index (κ2) is 15.0. The summed E-state index contributed by atoms with van der Waals surface area (Å²) in [5.74, 6) is 0.828. The van der Waals surface area contributed by atoms with Crippen LogP contribution in [0.25, 0.3) is 11.1 Å². The fraction of sp³-hybridized carbons (Fsp3) is 0.367. The molecule has 3 aromatic rings. The summed E-state index contributed by atoms with van der Waals surface area (Å²) in [5, 5.41) is 2.80. The number of nitrogens with one attached hydrogen (secondary N) is 1. The number of nitrogen functional groups attached to an aromatic ring is 1. The zero-order valence-corrected chi connectivity index (χ0v) is 21.6. The molecule has 3 aromatic carbocycles. The van der Waals surface area contributed by atoms with Crippen LogP contribution in [0.1, 0.15) is 23.5 Å². The lowest BCUT2D eigenvalue weighted by atomic mass is 9.98. The van der Waals surface area contributed by atoms with Gasteiger partial charge in [-0.1, -0.05) is 48.5 Å². The van der Waals surface area contributed by atoms with Gasteiger partial charge in [0, 0.05) is 24.8 Å². The lowest BCUT2D eigenvalue weighted by Crippen LogP contribution is -2.27. The highest BCUT2D eigenvalue weighted by Gasteiger charge is 2.28. The third-order valence-corrected chi connectivity index (χ3v) is 6.20. The maximum absolute atomic E-state index is 12.2. The van der Waals surface area contributed by atoms with E-state index in [4.69, 9.17) is 29.4 Å². The average molecular weight is 521 g/mol. The number of fused-ring (bicyclic) bond motifs is 3. The van der Waals surface area contributed by atoms with Crippen LogP contribution in [0.4, 0.5) is 10.5 Å². The molecule has 0 aromatic heterocycles. The third-order valence-electron chi connectivity index (χ3n) is 6.20. The zero-order chi connectivity index (χ0) is 26.4. The fourth-order valence-corrected chi connectivity index (χ4v) is 4.34. The molecule has 38 heavy (non-hydrogen) atoms. The van der Waals surface area contributed by atoms with E-state index in [1.54, 1.807) is 12.1 Å². The summed E-state index contributed by atoms with van der Waals surface area (Å²) < 4.78 is 27.6. The zero-order valence-electron chi connectivity index (χ0n) is 21.6. The highest BCUT2D eigenvalue weighted by atomic mass is 16.6. The number of nitrogens with two attached hydrogens (primary N) is 1. The van der Waals surface area contributed by atoms with Crippen molar-refractivity contribution in [1.82, 2.24) is 5.32 Å². The van der Waals surface area contributed by atoms with Gasteiger partial charge in [0.25, 0.3) is 0 Å². The lowest BCUT2D eigenvalue weighted by Gasteiger charge is -2.14. The molecule has 4 rings (SSSR count). The second-order valence-corrected chi connectivity index (χ2v) is 8.86. The number of carbonyl (C=O) groups is 1. The second-order valence-electron chi connectivity index (χ2n) is 8.86. The number of rotatable bonds is 16. The minimum absolute atomic E-state index is 0.0600. The summed E-state index contributed by atoms with van der Waals surface area (Å²) in [6.07, 6.45) is 0.287. The number of anilines is 1. The lowest BCUT2D eigenvalue weighted by molar-refractivity contribution is 0.00904. The summed E-state index contributed by atoms with van der Waals surface area (Å²) in [6, 6.07) is 23.8. The molecule has 202 valence electrons. The first-order valence-electron chi connectivity index (χ1n) is 13.0. The Balaban J connectivity index is 0.962. The number of ether oxygens (including phenoxy) is 5. The molecule has 0 saturated carbocycles. The molecule has 0 fully saturated rings. The SMILES string of the molecule is Nc1ccc(OCCOCCOCCOCCCNC(=O)OCC2c3ccccc3-c3ccccc32)cc1. The molecule has 1 aliphatic carbocycles. The van der Waals surface area contributed by atoms with Crippen molar-refractivity contribution >= 4 is 11.8 Å². The van der Waals surface area contributed by atoms with Gasteiger partial charge < -0.3 is 34.7 Å². The van der Waals surface area contributed by atoms with Crippen molar-refractivity contribution < 1.29 is 28.5 Å². The maximum Gasteiger partial charge on any atom is 0.407 e. The van der Waals surface area contributed by atoms with Gasteiger partial charge in [-0.15, -0.1) is 0 Å². The summed E-state index contributed by atoms with van der Waals surface area (Å²) >= 11 is 0. The van der Waals surface area contributed by atoms with Crippen molar-refractivity contribution in [2.75, 3.05) is 65.1 Å². The number of benzene rings is 3. The van der Waals surface area contributed by atoms with E-state index in [1.165, 1.54) is 22.3 Å². The van der Waals surface area contributed by atoms with E-state index in [0.29, 0.717) is 71.5 Å². The Labute approximate surface area is 224 Å². The van der Waals surface area contributed by atoms with Crippen molar-refractivity contribution in [2.45, 2.75) is 12.3 Å². The highest BCUT2D eigenvalue weighted by molar-refractivity contribution is 5.79. The van der Waals surface area contributed by atoms with Gasteiger partial charge in [-0.3, -0.25) is 0 Å². The number of alkyl carbamates (subject to hydrolysis) is 1. The number of amides is 1. The monoisotopic (exact) mass is 520 g/mol. The molecule has 8 nitrogen and oxygen atoms in total. The maximum atomic E-state index is 12.2. The van der Waals surface area contributed by atoms with E-state index >= 15 is 0 Å². The van der Waals surface area contributed by atoms with Gasteiger partial charge in [-0.05, 0) is 52.9 Å². The Morgan fingerprint density at radius 1 is 0.711 bits per heavy atom. The topological polar surface area (TPSA) is 101 Å². The molecule has 0 radical (unpaired) electrons. The van der Waals surface area contributed by atoms with Gasteiger partial charge in [0.05, 0.1) is 33.0 Å². The molecule has 0 saturated heterocycles. The predicted molar refractivity (Wildman–Crippen MR) is 146 cm³/mol. The van der Waals surface area contributed by atoms with Crippen LogP contribution in [0, 0.1) is 0 Å². The largest absolute Gasteiger partial charge is 0.491 e. The van der Waals surface area contributed by atoms with Crippen LogP contribution < -0.4 is 15.8 Å². The summed E-state index contributed by atoms with van der Waals surface area (Å²) in [4.78, 5) is 12.2. The first kappa shape index (κ1) is 27.4. The van der Waals surface area contributed by atoms with Gasteiger partial charge in [0.1, 0.15) is 19.0 Å². The van der Waals surface area contributed by atoms with E-state index < -0.39 is 6.09 Å². The van der Waals surface area contributed by atoms with Crippen LogP contribution in [0.2, 0.25) is 0 Å². The van der Waals surface area contributed by atoms with Crippen LogP contribution in [0.15, 0.2) is 72.8 Å². The number of carbonyl (C=O) groups excluding carboxylic acids is 1. The Morgan fingerprint density at radius 3 is 1.89 bits per heavy atom. The molecule has 0 heterocycles. The molecule has 0 aliphatic heterocycles. The van der Waals surface area contributed by atoms with Crippen molar-refractivity contribution in [3.8, 4) is 16.9 Å². The van der Waals surface area contributed by atoms with E-state index in [9.17, 15) is 4.79 Å². The number of hydrogen-bond donors (Lipinski definition) is 2. The highest BCUT2D eigenvalue weighted by Crippen LogP contribution is 2.44. The van der Waals surface area contributed by atoms with Gasteiger partial charge in [0.2, 0.25) is 0 Å². The molecule has 8 heteroatoms. The number of hydrogen-bond acceptors (Lipinski definition) is 7. The van der Waals surface area contributed by atoms with Crippen LogP contribution in [0.3, 0.4) is 0 Å². The summed E-state index contributed by atoms with van der Waals surface area (Å²) in [6.45, 7) is 4.26. The minimum atomic E-state index is -0.408. The quantitative estimate of drug-likeness (QED) is 0.210. The van der Waals surface area contributed by atoms with Gasteiger partial charge in [-0.25, -0.2) is 4.79 Å². The first-order chi connectivity index (χ1) is 18.7. The molecule has 0 unspecified atom stereocenters. The van der Waals surface area contributed by atoms with Gasteiger partial charge in [-0.2, -0.15) is 0 Å². The minimum Gasteiger partial charge on any atom is -0.491 e. The van der Waals surface area contributed by atoms with Crippen molar-refractivity contribution in [3.63, 3.8) is 0 Å². The standard InChI is InChI=1S/C30H36N2O6/c31-23-10-12-24(13-11-23)37-21-20-36-19-18-35-17-16-34-15-5-14-32-30(33)38-22-29-27-8-3-1-6-25(27)26-7-2-4-9-28(26)29/h1-4,6-13,29H,5,14-22,31H2,(H,32,33). The van der Waals surface area contributed by atoms with Gasteiger partial charge in [0.15, 0.2) is 0 Å².